The van der Waals surface area contributed by atoms with E-state index in [1.807, 2.05) is 20.8 Å². The lowest BCUT2D eigenvalue weighted by molar-refractivity contribution is -0.124. The number of nitrogens with one attached hydrogen (secondary N) is 1. The number of nitrogens with two attached hydrogens (primary N) is 1. The van der Waals surface area contributed by atoms with Gasteiger partial charge in [-0.2, -0.15) is 0 Å². The van der Waals surface area contributed by atoms with Gasteiger partial charge < -0.3 is 11.1 Å². The molecule has 0 saturated heterocycles. The number of carbonyl (C=O) groups is 1. The van der Waals surface area contributed by atoms with Crippen molar-refractivity contribution in [2.45, 2.75) is 31.7 Å². The smallest absolute Gasteiger partial charge is 0.237 e. The first-order chi connectivity index (χ1) is 9.54. The van der Waals surface area contributed by atoms with Crippen molar-refractivity contribution in [3.8, 4) is 0 Å². The molecule has 1 aromatic rings. The molecule has 0 aliphatic heterocycles. The highest BCUT2D eigenvalue weighted by molar-refractivity contribution is 7.91. The van der Waals surface area contributed by atoms with E-state index in [0.717, 1.165) is 0 Å². The van der Waals surface area contributed by atoms with Crippen LogP contribution in [-0.2, 0) is 14.6 Å². The van der Waals surface area contributed by atoms with Gasteiger partial charge in [-0.25, -0.2) is 8.42 Å². The largest absolute Gasteiger partial charge is 0.354 e. The highest BCUT2D eigenvalue weighted by Crippen LogP contribution is 2.17. The zero-order valence-electron chi connectivity index (χ0n) is 12.4. The van der Waals surface area contributed by atoms with E-state index in [9.17, 15) is 13.2 Å². The zero-order chi connectivity index (χ0) is 16.3. The number of sulfone groups is 1. The number of benzene rings is 1. The zero-order valence-corrected chi connectivity index (χ0v) is 14.0. The van der Waals surface area contributed by atoms with E-state index < -0.39 is 15.9 Å². The van der Waals surface area contributed by atoms with Crippen LogP contribution in [0.4, 0.5) is 0 Å². The van der Waals surface area contributed by atoms with Crippen molar-refractivity contribution in [1.29, 1.82) is 0 Å². The van der Waals surface area contributed by atoms with Gasteiger partial charge in [0.25, 0.3) is 0 Å². The molecule has 118 valence electrons. The molecule has 0 heterocycles. The lowest BCUT2D eigenvalue weighted by atomic mass is 9.87. The standard InChI is InChI=1S/C14H21ClN2O3S/c1-14(2,3)12(16)13(18)17-8-9-21(19,20)11-6-4-10(15)5-7-11/h4-7,12H,8-9,16H2,1-3H3,(H,17,18)/t12-/m1/s1. The average molecular weight is 333 g/mol. The molecule has 3 N–H and O–H groups in total. The van der Waals surface area contributed by atoms with Crippen LogP contribution >= 0.6 is 11.6 Å². The Morgan fingerprint density at radius 2 is 1.81 bits per heavy atom. The summed E-state index contributed by atoms with van der Waals surface area (Å²) in [7, 11) is -3.45. The van der Waals surface area contributed by atoms with Crippen molar-refractivity contribution in [2.24, 2.45) is 11.1 Å². The van der Waals surface area contributed by atoms with E-state index >= 15 is 0 Å². The third kappa shape index (κ3) is 5.30. The van der Waals surface area contributed by atoms with Crippen molar-refractivity contribution in [2.75, 3.05) is 12.3 Å². The molecule has 1 rings (SSSR count). The van der Waals surface area contributed by atoms with Crippen LogP contribution in [0, 0.1) is 5.41 Å². The maximum atomic E-state index is 12.1. The Hall–Kier alpha value is -1.11. The van der Waals surface area contributed by atoms with E-state index in [4.69, 9.17) is 17.3 Å². The molecule has 7 heteroatoms. The van der Waals surface area contributed by atoms with Gasteiger partial charge in [0.05, 0.1) is 16.7 Å². The Bertz CT molecular complexity index is 592. The van der Waals surface area contributed by atoms with E-state index in [0.29, 0.717) is 5.02 Å². The number of halogens is 1. The minimum atomic E-state index is -3.45. The highest BCUT2D eigenvalue weighted by atomic mass is 35.5. The quantitative estimate of drug-likeness (QED) is 0.857. The van der Waals surface area contributed by atoms with Gasteiger partial charge in [0.15, 0.2) is 9.84 Å². The minimum absolute atomic E-state index is 0.0214. The van der Waals surface area contributed by atoms with Gasteiger partial charge in [-0.15, -0.1) is 0 Å². The van der Waals surface area contributed by atoms with Gasteiger partial charge in [0, 0.05) is 11.6 Å². The van der Waals surface area contributed by atoms with Crippen LogP contribution in [0.1, 0.15) is 20.8 Å². The molecule has 1 amide bonds. The second-order valence-electron chi connectivity index (χ2n) is 5.91. The Morgan fingerprint density at radius 3 is 2.29 bits per heavy atom. The molecule has 0 aromatic heterocycles. The SMILES string of the molecule is CC(C)(C)[C@H](N)C(=O)NCCS(=O)(=O)c1ccc(Cl)cc1. The van der Waals surface area contributed by atoms with Crippen LogP contribution in [0.25, 0.3) is 0 Å². The first-order valence-electron chi connectivity index (χ1n) is 6.55. The van der Waals surface area contributed by atoms with Gasteiger partial charge in [-0.1, -0.05) is 32.4 Å². The topological polar surface area (TPSA) is 89.3 Å². The van der Waals surface area contributed by atoms with Crippen LogP contribution in [-0.4, -0.2) is 32.7 Å². The van der Waals surface area contributed by atoms with Crippen molar-refractivity contribution in [1.82, 2.24) is 5.32 Å². The fourth-order valence-corrected chi connectivity index (χ4v) is 2.85. The van der Waals surface area contributed by atoms with E-state index in [1.54, 1.807) is 0 Å². The summed E-state index contributed by atoms with van der Waals surface area (Å²) >= 11 is 5.72. The lowest BCUT2D eigenvalue weighted by Crippen LogP contribution is -2.49. The predicted octanol–water partition coefficient (Wildman–Crippen LogP) is 1.60. The maximum Gasteiger partial charge on any atom is 0.237 e. The molecular formula is C14H21ClN2O3S. The summed E-state index contributed by atoms with van der Waals surface area (Å²) in [5.74, 6) is -0.536. The van der Waals surface area contributed by atoms with Crippen molar-refractivity contribution >= 4 is 27.3 Å². The molecule has 1 aromatic carbocycles. The molecule has 0 aliphatic carbocycles. The van der Waals surface area contributed by atoms with Crippen molar-refractivity contribution in [3.05, 3.63) is 29.3 Å². The Kier molecular flexibility index (Phi) is 5.78. The first kappa shape index (κ1) is 17.9. The normalized spacial score (nSPS) is 13.8. The molecule has 0 bridgehead atoms. The molecule has 1 atom stereocenters. The fourth-order valence-electron chi connectivity index (χ4n) is 1.57. The predicted molar refractivity (Wildman–Crippen MR) is 83.9 cm³/mol. The number of amides is 1. The molecule has 21 heavy (non-hydrogen) atoms. The molecule has 0 unspecified atom stereocenters. The van der Waals surface area contributed by atoms with Gasteiger partial charge in [0.2, 0.25) is 5.91 Å². The van der Waals surface area contributed by atoms with Gasteiger partial charge in [-0.3, -0.25) is 4.79 Å². The number of carbonyl (C=O) groups excluding carboxylic acids is 1. The Morgan fingerprint density at radius 1 is 1.29 bits per heavy atom. The van der Waals surface area contributed by atoms with E-state index in [1.165, 1.54) is 24.3 Å². The highest BCUT2D eigenvalue weighted by Gasteiger charge is 2.27. The third-order valence-corrected chi connectivity index (χ3v) is 5.04. The summed E-state index contributed by atoms with van der Waals surface area (Å²) in [6.45, 7) is 5.57. The summed E-state index contributed by atoms with van der Waals surface area (Å²) in [6, 6.07) is 5.24. The molecule has 0 radical (unpaired) electrons. The van der Waals surface area contributed by atoms with Gasteiger partial charge >= 0.3 is 0 Å². The molecular weight excluding hydrogens is 312 g/mol. The summed E-state index contributed by atoms with van der Waals surface area (Å²) in [5.41, 5.74) is 5.42. The second kappa shape index (κ2) is 6.77. The van der Waals surface area contributed by atoms with Crippen LogP contribution in [0.2, 0.25) is 5.02 Å². The summed E-state index contributed by atoms with van der Waals surface area (Å²) in [5, 5.41) is 3.03. The van der Waals surface area contributed by atoms with Gasteiger partial charge in [0.1, 0.15) is 0 Å². The number of hydrogen-bond acceptors (Lipinski definition) is 4. The molecule has 0 fully saturated rings. The van der Waals surface area contributed by atoms with Crippen LogP contribution < -0.4 is 11.1 Å². The van der Waals surface area contributed by atoms with Crippen LogP contribution in [0.3, 0.4) is 0 Å². The molecule has 0 saturated carbocycles. The summed E-state index contributed by atoms with van der Waals surface area (Å²) < 4.78 is 24.1. The average Bonchev–Trinajstić information content (AvgIpc) is 2.36. The van der Waals surface area contributed by atoms with E-state index in [-0.39, 0.29) is 28.5 Å². The Balaban J connectivity index is 2.59. The third-order valence-electron chi connectivity index (χ3n) is 3.06. The van der Waals surface area contributed by atoms with Crippen LogP contribution in [0.15, 0.2) is 29.2 Å². The van der Waals surface area contributed by atoms with E-state index in [2.05, 4.69) is 5.32 Å². The minimum Gasteiger partial charge on any atom is -0.354 e. The number of hydrogen-bond donors (Lipinski definition) is 2. The Labute approximate surface area is 130 Å². The van der Waals surface area contributed by atoms with Gasteiger partial charge in [-0.05, 0) is 29.7 Å². The maximum absolute atomic E-state index is 12.1. The first-order valence-corrected chi connectivity index (χ1v) is 8.59. The molecule has 0 aliphatic rings. The summed E-state index contributed by atoms with van der Waals surface area (Å²) in [4.78, 5) is 12.0. The molecule has 0 spiro atoms. The second-order valence-corrected chi connectivity index (χ2v) is 8.45. The summed E-state index contributed by atoms with van der Waals surface area (Å²) in [6.07, 6.45) is 0. The van der Waals surface area contributed by atoms with Crippen molar-refractivity contribution < 1.29 is 13.2 Å². The lowest BCUT2D eigenvalue weighted by Gasteiger charge is -2.25. The fraction of sp³-hybridized carbons (Fsp3) is 0.500. The number of rotatable bonds is 5. The molecule has 5 nitrogen and oxygen atoms in total. The monoisotopic (exact) mass is 332 g/mol. The van der Waals surface area contributed by atoms with Crippen molar-refractivity contribution in [3.63, 3.8) is 0 Å². The van der Waals surface area contributed by atoms with Crippen LogP contribution in [0.5, 0.6) is 0 Å².